The number of hydrogen-bond donors (Lipinski definition) is 1. The Kier molecular flexibility index (Phi) is 5.68. The Morgan fingerprint density at radius 1 is 1.14 bits per heavy atom. The van der Waals surface area contributed by atoms with Gasteiger partial charge in [0.2, 0.25) is 0 Å². The summed E-state index contributed by atoms with van der Waals surface area (Å²) in [6.45, 7) is 2.56. The van der Waals surface area contributed by atoms with E-state index in [2.05, 4.69) is 11.8 Å². The second-order valence-electron chi connectivity index (χ2n) is 4.69. The van der Waals surface area contributed by atoms with E-state index in [4.69, 9.17) is 21.4 Å². The first kappa shape index (κ1) is 15.4. The van der Waals surface area contributed by atoms with Crippen LogP contribution in [-0.4, -0.2) is 11.7 Å². The third kappa shape index (κ3) is 4.82. The standard InChI is InChI=1S/C18H17ClO2/c1-14-5-10-17(19)18(12-14)21-13-16-8-6-15(7-9-16)4-2-3-11-20/h5-10,12,20H,3,11,13H2,1H3. The molecule has 2 aromatic carbocycles. The molecule has 0 saturated carbocycles. The summed E-state index contributed by atoms with van der Waals surface area (Å²) in [5.74, 6) is 6.58. The summed E-state index contributed by atoms with van der Waals surface area (Å²) in [5, 5.41) is 9.30. The van der Waals surface area contributed by atoms with Crippen LogP contribution >= 0.6 is 11.6 Å². The highest BCUT2D eigenvalue weighted by Gasteiger charge is 2.02. The third-order valence-electron chi connectivity index (χ3n) is 2.90. The molecule has 0 radical (unpaired) electrons. The van der Waals surface area contributed by atoms with Gasteiger partial charge < -0.3 is 9.84 Å². The van der Waals surface area contributed by atoms with E-state index < -0.39 is 0 Å². The molecule has 2 aromatic rings. The van der Waals surface area contributed by atoms with Crippen molar-refractivity contribution in [2.45, 2.75) is 20.0 Å². The van der Waals surface area contributed by atoms with E-state index in [1.807, 2.05) is 49.4 Å². The van der Waals surface area contributed by atoms with E-state index in [1.54, 1.807) is 0 Å². The van der Waals surface area contributed by atoms with Gasteiger partial charge in [0.25, 0.3) is 0 Å². The van der Waals surface area contributed by atoms with Crippen molar-refractivity contribution in [2.75, 3.05) is 6.61 Å². The fourth-order valence-corrected chi connectivity index (χ4v) is 1.96. The van der Waals surface area contributed by atoms with Gasteiger partial charge in [0.15, 0.2) is 0 Å². The van der Waals surface area contributed by atoms with Crippen LogP contribution in [0.4, 0.5) is 0 Å². The summed E-state index contributed by atoms with van der Waals surface area (Å²) >= 11 is 6.09. The maximum Gasteiger partial charge on any atom is 0.138 e. The Bertz CT molecular complexity index is 651. The third-order valence-corrected chi connectivity index (χ3v) is 3.22. The van der Waals surface area contributed by atoms with Crippen LogP contribution in [0.25, 0.3) is 0 Å². The van der Waals surface area contributed by atoms with E-state index >= 15 is 0 Å². The number of rotatable bonds is 4. The van der Waals surface area contributed by atoms with Crippen molar-refractivity contribution in [1.29, 1.82) is 0 Å². The Morgan fingerprint density at radius 2 is 1.90 bits per heavy atom. The molecule has 0 heterocycles. The molecule has 0 aromatic heterocycles. The molecule has 21 heavy (non-hydrogen) atoms. The molecule has 0 bridgehead atoms. The second-order valence-corrected chi connectivity index (χ2v) is 5.10. The highest BCUT2D eigenvalue weighted by molar-refractivity contribution is 6.32. The summed E-state index contributed by atoms with van der Waals surface area (Å²) in [6, 6.07) is 13.6. The predicted octanol–water partition coefficient (Wildman–Crippen LogP) is 3.96. The van der Waals surface area contributed by atoms with Crippen LogP contribution in [0, 0.1) is 18.8 Å². The van der Waals surface area contributed by atoms with Crippen molar-refractivity contribution in [2.24, 2.45) is 0 Å². The highest BCUT2D eigenvalue weighted by Crippen LogP contribution is 2.26. The number of hydrogen-bond acceptors (Lipinski definition) is 2. The molecule has 0 spiro atoms. The lowest BCUT2D eigenvalue weighted by molar-refractivity contribution is 0.305. The van der Waals surface area contributed by atoms with Gasteiger partial charge in [0, 0.05) is 12.0 Å². The lowest BCUT2D eigenvalue weighted by Gasteiger charge is -2.09. The molecule has 3 heteroatoms. The van der Waals surface area contributed by atoms with Crippen molar-refractivity contribution in [3.8, 4) is 17.6 Å². The van der Waals surface area contributed by atoms with Crippen molar-refractivity contribution >= 4 is 11.6 Å². The fraction of sp³-hybridized carbons (Fsp3) is 0.222. The molecule has 0 saturated heterocycles. The molecule has 2 rings (SSSR count). The van der Waals surface area contributed by atoms with Gasteiger partial charge in [0.1, 0.15) is 12.4 Å². The van der Waals surface area contributed by atoms with Crippen LogP contribution in [0.1, 0.15) is 23.1 Å². The van der Waals surface area contributed by atoms with E-state index in [0.29, 0.717) is 23.8 Å². The van der Waals surface area contributed by atoms with E-state index in [1.165, 1.54) is 0 Å². The summed E-state index contributed by atoms with van der Waals surface area (Å²) in [6.07, 6.45) is 0.497. The maximum absolute atomic E-state index is 8.68. The average molecular weight is 301 g/mol. The van der Waals surface area contributed by atoms with Crippen LogP contribution in [0.2, 0.25) is 5.02 Å². The molecule has 0 atom stereocenters. The minimum absolute atomic E-state index is 0.0934. The summed E-state index contributed by atoms with van der Waals surface area (Å²) in [5.41, 5.74) is 3.10. The zero-order valence-electron chi connectivity index (χ0n) is 11.9. The van der Waals surface area contributed by atoms with Gasteiger partial charge in [-0.25, -0.2) is 0 Å². The molecule has 0 aliphatic heterocycles. The van der Waals surface area contributed by atoms with Crippen molar-refractivity contribution in [3.63, 3.8) is 0 Å². The van der Waals surface area contributed by atoms with Crippen LogP contribution in [0.3, 0.4) is 0 Å². The maximum atomic E-state index is 8.68. The Balaban J connectivity index is 1.98. The van der Waals surface area contributed by atoms with Crippen molar-refractivity contribution in [1.82, 2.24) is 0 Å². The zero-order chi connectivity index (χ0) is 15.1. The van der Waals surface area contributed by atoms with Crippen LogP contribution < -0.4 is 4.74 Å². The van der Waals surface area contributed by atoms with Gasteiger partial charge in [-0.3, -0.25) is 0 Å². The van der Waals surface area contributed by atoms with Gasteiger partial charge >= 0.3 is 0 Å². The Labute approximate surface area is 130 Å². The van der Waals surface area contributed by atoms with Crippen LogP contribution in [-0.2, 0) is 6.61 Å². The van der Waals surface area contributed by atoms with Crippen LogP contribution in [0.5, 0.6) is 5.75 Å². The minimum atomic E-state index is 0.0934. The molecule has 108 valence electrons. The smallest absolute Gasteiger partial charge is 0.138 e. The van der Waals surface area contributed by atoms with E-state index in [-0.39, 0.29) is 6.61 Å². The average Bonchev–Trinajstić information content (AvgIpc) is 2.50. The Morgan fingerprint density at radius 3 is 2.62 bits per heavy atom. The topological polar surface area (TPSA) is 29.5 Å². The number of ether oxygens (including phenoxy) is 1. The van der Waals surface area contributed by atoms with Crippen molar-refractivity contribution in [3.05, 3.63) is 64.2 Å². The zero-order valence-corrected chi connectivity index (χ0v) is 12.7. The van der Waals surface area contributed by atoms with Crippen molar-refractivity contribution < 1.29 is 9.84 Å². The molecule has 1 N–H and O–H groups in total. The SMILES string of the molecule is Cc1ccc(Cl)c(OCc2ccc(C#CCCO)cc2)c1. The number of aliphatic hydroxyl groups is 1. The summed E-state index contributed by atoms with van der Waals surface area (Å²) in [7, 11) is 0. The van der Waals surface area contributed by atoms with Gasteiger partial charge in [-0.2, -0.15) is 0 Å². The fourth-order valence-electron chi connectivity index (χ4n) is 1.79. The second kappa shape index (κ2) is 7.73. The highest BCUT2D eigenvalue weighted by atomic mass is 35.5. The largest absolute Gasteiger partial charge is 0.487 e. The summed E-state index contributed by atoms with van der Waals surface area (Å²) in [4.78, 5) is 0. The first-order valence-electron chi connectivity index (χ1n) is 6.76. The number of aryl methyl sites for hydroxylation is 1. The minimum Gasteiger partial charge on any atom is -0.487 e. The van der Waals surface area contributed by atoms with Gasteiger partial charge in [-0.1, -0.05) is 41.6 Å². The molecule has 0 aliphatic rings. The predicted molar refractivity (Wildman–Crippen MR) is 85.5 cm³/mol. The molecule has 0 aliphatic carbocycles. The quantitative estimate of drug-likeness (QED) is 0.866. The normalized spacial score (nSPS) is 9.86. The lowest BCUT2D eigenvalue weighted by Crippen LogP contribution is -1.96. The van der Waals surface area contributed by atoms with Gasteiger partial charge in [-0.15, -0.1) is 0 Å². The molecule has 0 amide bonds. The summed E-state index contributed by atoms with van der Waals surface area (Å²) < 4.78 is 5.74. The first-order valence-corrected chi connectivity index (χ1v) is 7.14. The lowest BCUT2D eigenvalue weighted by atomic mass is 10.1. The first-order chi connectivity index (χ1) is 10.2. The van der Waals surface area contributed by atoms with Crippen LogP contribution in [0.15, 0.2) is 42.5 Å². The van der Waals surface area contributed by atoms with Gasteiger partial charge in [-0.05, 0) is 42.3 Å². The Hall–Kier alpha value is -1.95. The number of aliphatic hydroxyl groups excluding tert-OH is 1. The van der Waals surface area contributed by atoms with E-state index in [0.717, 1.165) is 16.7 Å². The monoisotopic (exact) mass is 300 g/mol. The van der Waals surface area contributed by atoms with Gasteiger partial charge in [0.05, 0.1) is 11.6 Å². The molecular formula is C18H17ClO2. The molecular weight excluding hydrogens is 284 g/mol. The molecule has 0 unspecified atom stereocenters. The molecule has 2 nitrogen and oxygen atoms in total. The number of halogens is 1. The molecule has 0 fully saturated rings. The number of benzene rings is 2. The van der Waals surface area contributed by atoms with E-state index in [9.17, 15) is 0 Å².